The Hall–Kier alpha value is -2.77. The molecule has 0 saturated heterocycles. The third kappa shape index (κ3) is 2.88. The number of amides is 1. The number of rotatable bonds is 3. The fourth-order valence-electron chi connectivity index (χ4n) is 1.82. The Labute approximate surface area is 118 Å². The number of hydrogen-bond donors (Lipinski definition) is 2. The maximum absolute atomic E-state index is 13.6. The quantitative estimate of drug-likeness (QED) is 0.906. The number of hydrogen-bond acceptors (Lipinski definition) is 3. The zero-order valence-corrected chi connectivity index (χ0v) is 11.1. The van der Waals surface area contributed by atoms with Gasteiger partial charge < -0.3 is 10.4 Å². The number of benzene rings is 1. The van der Waals surface area contributed by atoms with E-state index in [1.54, 1.807) is 6.92 Å². The van der Waals surface area contributed by atoms with Gasteiger partial charge in [-0.25, -0.2) is 13.6 Å². The molecule has 2 rings (SSSR count). The van der Waals surface area contributed by atoms with Crippen LogP contribution in [0.3, 0.4) is 0 Å². The van der Waals surface area contributed by atoms with Crippen molar-refractivity contribution in [1.29, 1.82) is 0 Å². The summed E-state index contributed by atoms with van der Waals surface area (Å²) >= 11 is 0. The Morgan fingerprint density at radius 2 is 1.90 bits per heavy atom. The van der Waals surface area contributed by atoms with Gasteiger partial charge in [-0.05, 0) is 19.1 Å². The normalized spacial score (nSPS) is 10.5. The van der Waals surface area contributed by atoms with E-state index in [4.69, 9.17) is 5.11 Å². The number of nitrogens with one attached hydrogen (secondary N) is 1. The van der Waals surface area contributed by atoms with E-state index in [0.717, 1.165) is 6.07 Å². The molecule has 0 atom stereocenters. The second-order valence-corrected chi connectivity index (χ2v) is 4.37. The van der Waals surface area contributed by atoms with E-state index in [1.165, 1.54) is 17.8 Å². The minimum absolute atomic E-state index is 0.160. The molecule has 6 nitrogen and oxygen atoms in total. The van der Waals surface area contributed by atoms with Crippen LogP contribution in [-0.2, 0) is 7.05 Å². The first-order chi connectivity index (χ1) is 9.79. The predicted molar refractivity (Wildman–Crippen MR) is 69.2 cm³/mol. The van der Waals surface area contributed by atoms with E-state index in [1.807, 2.05) is 0 Å². The van der Waals surface area contributed by atoms with Crippen LogP contribution in [0.25, 0.3) is 0 Å². The summed E-state index contributed by atoms with van der Waals surface area (Å²) in [5.41, 5.74) is -0.396. The second-order valence-electron chi connectivity index (χ2n) is 4.37. The molecule has 8 heteroatoms. The number of carboxylic acids is 1. The van der Waals surface area contributed by atoms with Crippen LogP contribution in [0.15, 0.2) is 18.2 Å². The first-order valence-corrected chi connectivity index (χ1v) is 5.84. The molecule has 0 fully saturated rings. The van der Waals surface area contributed by atoms with Crippen LogP contribution in [0.5, 0.6) is 0 Å². The summed E-state index contributed by atoms with van der Waals surface area (Å²) in [4.78, 5) is 22.8. The lowest BCUT2D eigenvalue weighted by Gasteiger charge is -2.08. The van der Waals surface area contributed by atoms with Crippen molar-refractivity contribution in [3.63, 3.8) is 0 Å². The number of carbonyl (C=O) groups is 2. The Morgan fingerprint density at radius 1 is 1.24 bits per heavy atom. The number of carboxylic acid groups (broad SMARTS) is 1. The molecule has 0 unspecified atom stereocenters. The van der Waals surface area contributed by atoms with Gasteiger partial charge in [-0.1, -0.05) is 0 Å². The Balaban J connectivity index is 2.35. The summed E-state index contributed by atoms with van der Waals surface area (Å²) in [5, 5.41) is 15.0. The summed E-state index contributed by atoms with van der Waals surface area (Å²) in [6.45, 7) is 1.68. The van der Waals surface area contributed by atoms with Gasteiger partial charge in [0.1, 0.15) is 17.3 Å². The molecule has 0 spiro atoms. The van der Waals surface area contributed by atoms with Gasteiger partial charge in [0.15, 0.2) is 0 Å². The lowest BCUT2D eigenvalue weighted by atomic mass is 10.1. The molecule has 2 aromatic rings. The predicted octanol–water partition coefficient (Wildman–Crippen LogP) is 1.96. The van der Waals surface area contributed by atoms with Crippen molar-refractivity contribution >= 4 is 17.6 Å². The molecule has 1 amide bonds. The van der Waals surface area contributed by atoms with Crippen LogP contribution in [0, 0.1) is 18.6 Å². The number of aromatic nitrogens is 2. The Kier molecular flexibility index (Phi) is 3.70. The zero-order valence-electron chi connectivity index (χ0n) is 11.1. The molecule has 1 heterocycles. The van der Waals surface area contributed by atoms with E-state index in [2.05, 4.69) is 10.4 Å². The maximum atomic E-state index is 13.6. The van der Waals surface area contributed by atoms with Gasteiger partial charge in [0.05, 0.1) is 16.9 Å². The molecule has 0 radical (unpaired) electrons. The molecule has 1 aromatic carbocycles. The highest BCUT2D eigenvalue weighted by Crippen LogP contribution is 2.20. The van der Waals surface area contributed by atoms with Crippen LogP contribution in [0.1, 0.15) is 26.5 Å². The van der Waals surface area contributed by atoms with Gasteiger partial charge >= 0.3 is 5.97 Å². The number of halogens is 2. The number of carbonyl (C=O) groups excluding carboxylic acids is 1. The second kappa shape index (κ2) is 5.31. The van der Waals surface area contributed by atoms with Crippen molar-refractivity contribution in [1.82, 2.24) is 9.78 Å². The topological polar surface area (TPSA) is 84.2 Å². The van der Waals surface area contributed by atoms with Crippen molar-refractivity contribution in [2.75, 3.05) is 5.32 Å². The first kappa shape index (κ1) is 14.6. The Morgan fingerprint density at radius 3 is 2.43 bits per heavy atom. The van der Waals surface area contributed by atoms with Gasteiger partial charge in [0, 0.05) is 13.1 Å². The van der Waals surface area contributed by atoms with E-state index in [-0.39, 0.29) is 5.69 Å². The monoisotopic (exact) mass is 295 g/mol. The van der Waals surface area contributed by atoms with Crippen LogP contribution in [0.2, 0.25) is 0 Å². The maximum Gasteiger partial charge on any atom is 0.338 e. The molecule has 2 N–H and O–H groups in total. The molecule has 0 aliphatic carbocycles. The van der Waals surface area contributed by atoms with Gasteiger partial charge in [-0.15, -0.1) is 0 Å². The van der Waals surface area contributed by atoms with Gasteiger partial charge in [0.2, 0.25) is 0 Å². The van der Waals surface area contributed by atoms with Crippen molar-refractivity contribution in [2.45, 2.75) is 6.92 Å². The molecule has 21 heavy (non-hydrogen) atoms. The summed E-state index contributed by atoms with van der Waals surface area (Å²) in [6, 6.07) is 2.62. The minimum atomic E-state index is -1.56. The number of aryl methyl sites for hydroxylation is 2. The van der Waals surface area contributed by atoms with Gasteiger partial charge in [0.25, 0.3) is 5.91 Å². The van der Waals surface area contributed by atoms with Crippen molar-refractivity contribution in [3.05, 3.63) is 46.8 Å². The van der Waals surface area contributed by atoms with Crippen LogP contribution in [0.4, 0.5) is 14.5 Å². The highest BCUT2D eigenvalue weighted by atomic mass is 19.1. The summed E-state index contributed by atoms with van der Waals surface area (Å²) < 4.78 is 28.2. The lowest BCUT2D eigenvalue weighted by molar-refractivity contribution is 0.0691. The molecule has 0 aliphatic rings. The third-order valence-electron chi connectivity index (χ3n) is 2.77. The molecule has 110 valence electrons. The fraction of sp³-hybridized carbons (Fsp3) is 0.154. The number of aromatic carboxylic acids is 1. The van der Waals surface area contributed by atoms with Crippen molar-refractivity contribution in [3.8, 4) is 0 Å². The standard InChI is InChI=1S/C13H11F2N3O3/c1-6-3-11(18(2)17-6)12(19)16-10-4-7(13(20)21)8(14)5-9(10)15/h3-5H,1-2H3,(H,16,19)(H,20,21). The molecular weight excluding hydrogens is 284 g/mol. The highest BCUT2D eigenvalue weighted by Gasteiger charge is 2.18. The van der Waals surface area contributed by atoms with E-state index < -0.39 is 34.8 Å². The highest BCUT2D eigenvalue weighted by molar-refractivity contribution is 6.03. The molecular formula is C13H11F2N3O3. The summed E-state index contributed by atoms with van der Waals surface area (Å²) in [6.07, 6.45) is 0. The SMILES string of the molecule is Cc1cc(C(=O)Nc2cc(C(=O)O)c(F)cc2F)n(C)n1. The van der Waals surface area contributed by atoms with E-state index in [0.29, 0.717) is 11.8 Å². The summed E-state index contributed by atoms with van der Waals surface area (Å²) in [5.74, 6) is -4.52. The molecule has 0 aliphatic heterocycles. The van der Waals surface area contributed by atoms with Gasteiger partial charge in [-0.3, -0.25) is 9.48 Å². The fourth-order valence-corrected chi connectivity index (χ4v) is 1.82. The summed E-state index contributed by atoms with van der Waals surface area (Å²) in [7, 11) is 1.53. The average Bonchev–Trinajstić information content (AvgIpc) is 2.71. The minimum Gasteiger partial charge on any atom is -0.478 e. The molecule has 0 saturated carbocycles. The van der Waals surface area contributed by atoms with E-state index >= 15 is 0 Å². The van der Waals surface area contributed by atoms with Crippen molar-refractivity contribution in [2.24, 2.45) is 7.05 Å². The average molecular weight is 295 g/mol. The van der Waals surface area contributed by atoms with Gasteiger partial charge in [-0.2, -0.15) is 5.10 Å². The third-order valence-corrected chi connectivity index (χ3v) is 2.77. The zero-order chi connectivity index (χ0) is 15.7. The van der Waals surface area contributed by atoms with E-state index in [9.17, 15) is 18.4 Å². The van der Waals surface area contributed by atoms with Crippen LogP contribution >= 0.6 is 0 Å². The number of anilines is 1. The van der Waals surface area contributed by atoms with Crippen LogP contribution < -0.4 is 5.32 Å². The largest absolute Gasteiger partial charge is 0.478 e. The van der Waals surface area contributed by atoms with Crippen LogP contribution in [-0.4, -0.2) is 26.8 Å². The van der Waals surface area contributed by atoms with Crippen molar-refractivity contribution < 1.29 is 23.5 Å². The first-order valence-electron chi connectivity index (χ1n) is 5.84. The molecule has 0 bridgehead atoms. The lowest BCUT2D eigenvalue weighted by Crippen LogP contribution is -2.17. The smallest absolute Gasteiger partial charge is 0.338 e. The number of nitrogens with zero attached hydrogens (tertiary/aromatic N) is 2. The molecule has 1 aromatic heterocycles. The Bertz CT molecular complexity index is 741.